The molecule has 3 heteroatoms. The van der Waals surface area contributed by atoms with Crippen molar-refractivity contribution in [3.8, 4) is 5.75 Å². The molecular weight excluding hydrogens is 266 g/mol. The van der Waals surface area contributed by atoms with Crippen molar-refractivity contribution in [2.45, 2.75) is 17.9 Å². The third kappa shape index (κ3) is 3.35. The molecule has 2 aromatic carbocycles. The van der Waals surface area contributed by atoms with Gasteiger partial charge in [-0.1, -0.05) is 30.3 Å². The van der Waals surface area contributed by atoms with Crippen molar-refractivity contribution in [3.63, 3.8) is 0 Å². The van der Waals surface area contributed by atoms with Crippen LogP contribution in [-0.4, -0.2) is 19.9 Å². The number of thioether (sulfide) groups is 1. The number of hydrogen-bond acceptors (Lipinski definition) is 3. The van der Waals surface area contributed by atoms with Crippen molar-refractivity contribution in [1.29, 1.82) is 0 Å². The maximum atomic E-state index is 5.50. The van der Waals surface area contributed by atoms with Gasteiger partial charge in [0.05, 0.1) is 12.6 Å². The Morgan fingerprint density at radius 3 is 2.40 bits per heavy atom. The summed E-state index contributed by atoms with van der Waals surface area (Å²) in [5, 5.41) is 3.41. The van der Waals surface area contributed by atoms with Gasteiger partial charge in [-0.15, -0.1) is 11.8 Å². The van der Waals surface area contributed by atoms with Gasteiger partial charge in [0.1, 0.15) is 5.75 Å². The summed E-state index contributed by atoms with van der Waals surface area (Å²) in [6.45, 7) is 2.70. The Morgan fingerprint density at radius 2 is 1.80 bits per heavy atom. The molecule has 0 spiro atoms. The Bertz CT molecular complexity index is 539. The van der Waals surface area contributed by atoms with E-state index in [1.165, 1.54) is 16.0 Å². The van der Waals surface area contributed by atoms with Gasteiger partial charge in [0, 0.05) is 4.90 Å². The number of rotatable bonds is 6. The summed E-state index contributed by atoms with van der Waals surface area (Å²) in [4.78, 5) is 1.31. The van der Waals surface area contributed by atoms with Crippen molar-refractivity contribution in [2.75, 3.05) is 19.9 Å². The van der Waals surface area contributed by atoms with Crippen LogP contribution >= 0.6 is 11.8 Å². The zero-order valence-corrected chi connectivity index (χ0v) is 13.0. The lowest BCUT2D eigenvalue weighted by Gasteiger charge is -2.20. The van der Waals surface area contributed by atoms with Crippen LogP contribution in [0.4, 0.5) is 0 Å². The summed E-state index contributed by atoms with van der Waals surface area (Å²) < 4.78 is 5.50. The Labute approximate surface area is 125 Å². The number of nitrogens with one attached hydrogen (secondary N) is 1. The Hall–Kier alpha value is -1.45. The number of hydrogen-bond donors (Lipinski definition) is 1. The van der Waals surface area contributed by atoms with Crippen LogP contribution in [0.5, 0.6) is 5.75 Å². The van der Waals surface area contributed by atoms with Crippen LogP contribution in [0.3, 0.4) is 0 Å². The third-order valence-electron chi connectivity index (χ3n) is 3.26. The lowest BCUT2D eigenvalue weighted by molar-refractivity contribution is 0.340. The number of ether oxygens (including phenoxy) is 1. The lowest BCUT2D eigenvalue weighted by Crippen LogP contribution is -2.18. The van der Waals surface area contributed by atoms with Gasteiger partial charge >= 0.3 is 0 Å². The molecule has 2 aromatic rings. The van der Waals surface area contributed by atoms with Gasteiger partial charge in [0.25, 0.3) is 0 Å². The first-order valence-electron chi connectivity index (χ1n) is 6.83. The van der Waals surface area contributed by atoms with E-state index < -0.39 is 0 Å². The molecule has 20 heavy (non-hydrogen) atoms. The minimum atomic E-state index is 0.203. The highest BCUT2D eigenvalue weighted by Crippen LogP contribution is 2.30. The molecule has 0 saturated heterocycles. The van der Waals surface area contributed by atoms with Gasteiger partial charge in [-0.25, -0.2) is 0 Å². The molecule has 0 saturated carbocycles. The SMILES string of the molecule is CCOc1ccc(C(NC)c2ccccc2SC)cc1. The number of benzene rings is 2. The molecule has 0 aromatic heterocycles. The van der Waals surface area contributed by atoms with Gasteiger partial charge in [0.2, 0.25) is 0 Å². The van der Waals surface area contributed by atoms with Gasteiger partial charge in [-0.2, -0.15) is 0 Å². The molecular formula is C17H21NOS. The predicted molar refractivity (Wildman–Crippen MR) is 86.7 cm³/mol. The summed E-state index contributed by atoms with van der Waals surface area (Å²) in [5.74, 6) is 0.921. The van der Waals surface area contributed by atoms with Gasteiger partial charge in [-0.3, -0.25) is 0 Å². The zero-order valence-electron chi connectivity index (χ0n) is 12.2. The average molecular weight is 287 g/mol. The molecule has 0 aliphatic carbocycles. The fraction of sp³-hybridized carbons (Fsp3) is 0.294. The second-order valence-electron chi connectivity index (χ2n) is 4.47. The van der Waals surface area contributed by atoms with E-state index in [0.717, 1.165) is 5.75 Å². The molecule has 106 valence electrons. The molecule has 1 unspecified atom stereocenters. The molecule has 0 aliphatic rings. The van der Waals surface area contributed by atoms with Crippen molar-refractivity contribution in [3.05, 3.63) is 59.7 Å². The van der Waals surface area contributed by atoms with Crippen LogP contribution in [0.1, 0.15) is 24.1 Å². The molecule has 0 aliphatic heterocycles. The fourth-order valence-corrected chi connectivity index (χ4v) is 2.97. The van der Waals surface area contributed by atoms with E-state index in [1.807, 2.05) is 26.1 Å². The summed E-state index contributed by atoms with van der Waals surface area (Å²) in [5.41, 5.74) is 2.56. The second-order valence-corrected chi connectivity index (χ2v) is 5.31. The fourth-order valence-electron chi connectivity index (χ4n) is 2.33. The van der Waals surface area contributed by atoms with E-state index in [9.17, 15) is 0 Å². The Balaban J connectivity index is 2.31. The van der Waals surface area contributed by atoms with Crippen LogP contribution in [0, 0.1) is 0 Å². The minimum Gasteiger partial charge on any atom is -0.494 e. The quantitative estimate of drug-likeness (QED) is 0.808. The van der Waals surface area contributed by atoms with Crippen molar-refractivity contribution in [2.24, 2.45) is 0 Å². The molecule has 2 nitrogen and oxygen atoms in total. The van der Waals surface area contributed by atoms with Crippen LogP contribution in [-0.2, 0) is 0 Å². The maximum Gasteiger partial charge on any atom is 0.119 e. The molecule has 0 fully saturated rings. The van der Waals surface area contributed by atoms with E-state index in [1.54, 1.807) is 11.8 Å². The lowest BCUT2D eigenvalue weighted by atomic mass is 9.99. The molecule has 0 radical (unpaired) electrons. The molecule has 0 amide bonds. The zero-order chi connectivity index (χ0) is 14.4. The smallest absolute Gasteiger partial charge is 0.119 e. The summed E-state index contributed by atoms with van der Waals surface area (Å²) in [6, 6.07) is 17.0. The first-order valence-corrected chi connectivity index (χ1v) is 8.05. The summed E-state index contributed by atoms with van der Waals surface area (Å²) >= 11 is 1.78. The maximum absolute atomic E-state index is 5.50. The third-order valence-corrected chi connectivity index (χ3v) is 4.07. The summed E-state index contributed by atoms with van der Waals surface area (Å²) in [7, 11) is 2.00. The normalized spacial score (nSPS) is 12.2. The summed E-state index contributed by atoms with van der Waals surface area (Å²) in [6.07, 6.45) is 2.11. The molecule has 0 bridgehead atoms. The van der Waals surface area contributed by atoms with Gasteiger partial charge in [-0.05, 0) is 49.6 Å². The minimum absolute atomic E-state index is 0.203. The van der Waals surface area contributed by atoms with Gasteiger partial charge in [0.15, 0.2) is 0 Å². The van der Waals surface area contributed by atoms with E-state index in [2.05, 4.69) is 48.0 Å². The van der Waals surface area contributed by atoms with Crippen LogP contribution < -0.4 is 10.1 Å². The molecule has 2 rings (SSSR count). The monoisotopic (exact) mass is 287 g/mol. The largest absolute Gasteiger partial charge is 0.494 e. The van der Waals surface area contributed by atoms with E-state index in [4.69, 9.17) is 4.74 Å². The highest BCUT2D eigenvalue weighted by molar-refractivity contribution is 7.98. The predicted octanol–water partition coefficient (Wildman–Crippen LogP) is 4.12. The van der Waals surface area contributed by atoms with Crippen LogP contribution in [0.15, 0.2) is 53.4 Å². The Kier molecular flexibility index (Phi) is 5.50. The topological polar surface area (TPSA) is 21.3 Å². The van der Waals surface area contributed by atoms with E-state index >= 15 is 0 Å². The highest BCUT2D eigenvalue weighted by atomic mass is 32.2. The molecule has 1 N–H and O–H groups in total. The molecule has 1 atom stereocenters. The van der Waals surface area contributed by atoms with Crippen molar-refractivity contribution in [1.82, 2.24) is 5.32 Å². The Morgan fingerprint density at radius 1 is 1.10 bits per heavy atom. The second kappa shape index (κ2) is 7.36. The highest BCUT2D eigenvalue weighted by Gasteiger charge is 2.15. The van der Waals surface area contributed by atoms with Crippen LogP contribution in [0.25, 0.3) is 0 Å². The average Bonchev–Trinajstić information content (AvgIpc) is 2.50. The van der Waals surface area contributed by atoms with Gasteiger partial charge < -0.3 is 10.1 Å². The molecule has 0 heterocycles. The van der Waals surface area contributed by atoms with Crippen LogP contribution in [0.2, 0.25) is 0 Å². The van der Waals surface area contributed by atoms with E-state index in [0.29, 0.717) is 6.61 Å². The van der Waals surface area contributed by atoms with Crippen molar-refractivity contribution < 1.29 is 4.74 Å². The van der Waals surface area contributed by atoms with E-state index in [-0.39, 0.29) is 6.04 Å². The first-order chi connectivity index (χ1) is 9.80. The standard InChI is InChI=1S/C17H21NOS/c1-4-19-14-11-9-13(10-12-14)17(18-2)15-7-5-6-8-16(15)20-3/h5-12,17-18H,4H2,1-3H3. The first kappa shape index (κ1) is 14.9. The van der Waals surface area contributed by atoms with Crippen molar-refractivity contribution >= 4 is 11.8 Å².